The van der Waals surface area contributed by atoms with Gasteiger partial charge in [-0.1, -0.05) is 11.6 Å². The van der Waals surface area contributed by atoms with Gasteiger partial charge >= 0.3 is 0 Å². The van der Waals surface area contributed by atoms with Crippen molar-refractivity contribution in [2.24, 2.45) is 0 Å². The number of halogens is 1. The highest BCUT2D eigenvalue weighted by Crippen LogP contribution is 2.16. The van der Waals surface area contributed by atoms with E-state index in [-0.39, 0.29) is 22.7 Å². The van der Waals surface area contributed by atoms with Crippen LogP contribution in [0.3, 0.4) is 0 Å². The highest BCUT2D eigenvalue weighted by Gasteiger charge is 2.23. The molecular formula is C16H27ClN6O. The Balaban J connectivity index is 2.05. The number of carbonyl (C=O) groups excluding carboxylic acids is 1. The Bertz CT molecular complexity index is 565. The van der Waals surface area contributed by atoms with Gasteiger partial charge in [0.25, 0.3) is 5.91 Å². The van der Waals surface area contributed by atoms with Gasteiger partial charge in [-0.2, -0.15) is 0 Å². The number of rotatable bonds is 6. The number of nitrogens with one attached hydrogen (secondary N) is 1. The van der Waals surface area contributed by atoms with Crippen molar-refractivity contribution >= 4 is 23.5 Å². The maximum atomic E-state index is 12.5. The molecule has 1 aromatic heterocycles. The minimum atomic E-state index is -0.252. The lowest BCUT2D eigenvalue weighted by atomic mass is 10.2. The molecule has 0 aliphatic carbocycles. The number of amides is 1. The number of nitrogens with zero attached hydrogens (tertiary/aromatic N) is 5. The van der Waals surface area contributed by atoms with Gasteiger partial charge in [-0.3, -0.25) is 9.69 Å². The summed E-state index contributed by atoms with van der Waals surface area (Å²) in [5.41, 5.74) is 0.236. The molecular weight excluding hydrogens is 328 g/mol. The van der Waals surface area contributed by atoms with Crippen LogP contribution in [0.2, 0.25) is 5.02 Å². The number of aromatic nitrogens is 2. The van der Waals surface area contributed by atoms with Crippen molar-refractivity contribution in [3.05, 3.63) is 16.9 Å². The van der Waals surface area contributed by atoms with Crippen LogP contribution in [0.5, 0.6) is 0 Å². The molecule has 0 radical (unpaired) electrons. The summed E-state index contributed by atoms with van der Waals surface area (Å²) < 4.78 is 0. The first-order valence-corrected chi connectivity index (χ1v) is 8.78. The normalized spacial score (nSPS) is 19.3. The molecule has 1 fully saturated rings. The monoisotopic (exact) mass is 354 g/mol. The van der Waals surface area contributed by atoms with E-state index < -0.39 is 0 Å². The summed E-state index contributed by atoms with van der Waals surface area (Å²) in [5.74, 6) is 0.279. The fourth-order valence-corrected chi connectivity index (χ4v) is 2.97. The fourth-order valence-electron chi connectivity index (χ4n) is 2.79. The van der Waals surface area contributed by atoms with Gasteiger partial charge in [-0.25, -0.2) is 9.97 Å². The Kier molecular flexibility index (Phi) is 6.77. The molecule has 1 unspecified atom stereocenters. The van der Waals surface area contributed by atoms with Crippen LogP contribution in [0.15, 0.2) is 6.20 Å². The Morgan fingerprint density at radius 2 is 2.08 bits per heavy atom. The highest BCUT2D eigenvalue weighted by atomic mass is 35.5. The smallest absolute Gasteiger partial charge is 0.271 e. The maximum Gasteiger partial charge on any atom is 0.271 e. The van der Waals surface area contributed by atoms with Gasteiger partial charge < -0.3 is 15.1 Å². The molecule has 2 heterocycles. The molecule has 7 nitrogen and oxygen atoms in total. The number of piperazine rings is 1. The lowest BCUT2D eigenvalue weighted by molar-refractivity contribution is 0.0877. The van der Waals surface area contributed by atoms with E-state index in [2.05, 4.69) is 39.2 Å². The topological polar surface area (TPSA) is 64.6 Å². The van der Waals surface area contributed by atoms with E-state index >= 15 is 0 Å². The largest absolute Gasteiger partial charge is 0.349 e. The Morgan fingerprint density at radius 1 is 1.38 bits per heavy atom. The van der Waals surface area contributed by atoms with E-state index in [1.165, 1.54) is 6.20 Å². The fraction of sp³-hybridized carbons (Fsp3) is 0.688. The van der Waals surface area contributed by atoms with Gasteiger partial charge in [0.2, 0.25) is 5.95 Å². The number of hydrogen-bond acceptors (Lipinski definition) is 6. The maximum absolute atomic E-state index is 12.5. The first-order chi connectivity index (χ1) is 11.5. The SMILES string of the molecule is CCN(CC)c1ncc(Cl)c(C(=O)NCC2CN(C)CCN2C)n1. The summed E-state index contributed by atoms with van der Waals surface area (Å²) in [6.45, 7) is 9.15. The average molecular weight is 355 g/mol. The predicted molar refractivity (Wildman–Crippen MR) is 96.9 cm³/mol. The van der Waals surface area contributed by atoms with Crippen LogP contribution in [-0.4, -0.2) is 85.1 Å². The van der Waals surface area contributed by atoms with Gasteiger partial charge in [-0.15, -0.1) is 0 Å². The third kappa shape index (κ3) is 4.55. The Labute approximate surface area is 149 Å². The van der Waals surface area contributed by atoms with E-state index in [4.69, 9.17) is 11.6 Å². The summed E-state index contributed by atoms with van der Waals surface area (Å²) in [6.07, 6.45) is 1.50. The third-order valence-electron chi connectivity index (χ3n) is 4.47. The van der Waals surface area contributed by atoms with Crippen LogP contribution in [0.1, 0.15) is 24.3 Å². The molecule has 1 saturated heterocycles. The van der Waals surface area contributed by atoms with E-state index in [0.29, 0.717) is 12.5 Å². The lowest BCUT2D eigenvalue weighted by Crippen LogP contribution is -2.54. The average Bonchev–Trinajstić information content (AvgIpc) is 2.57. The van der Waals surface area contributed by atoms with Gasteiger partial charge in [0.1, 0.15) is 0 Å². The molecule has 0 aromatic carbocycles. The zero-order valence-electron chi connectivity index (χ0n) is 14.9. The van der Waals surface area contributed by atoms with Crippen molar-refractivity contribution in [1.29, 1.82) is 0 Å². The zero-order valence-corrected chi connectivity index (χ0v) is 15.7. The molecule has 0 bridgehead atoms. The molecule has 1 aliphatic heterocycles. The molecule has 8 heteroatoms. The van der Waals surface area contributed by atoms with Crippen molar-refractivity contribution in [2.75, 3.05) is 58.3 Å². The van der Waals surface area contributed by atoms with E-state index in [9.17, 15) is 4.79 Å². The first-order valence-electron chi connectivity index (χ1n) is 8.40. The number of likely N-dealkylation sites (N-methyl/N-ethyl adjacent to an activating group) is 2. The van der Waals surface area contributed by atoms with Crippen LogP contribution in [0.4, 0.5) is 5.95 Å². The molecule has 2 rings (SSSR count). The van der Waals surface area contributed by atoms with Crippen molar-refractivity contribution in [2.45, 2.75) is 19.9 Å². The molecule has 1 aliphatic rings. The number of anilines is 1. The van der Waals surface area contributed by atoms with Crippen LogP contribution in [-0.2, 0) is 0 Å². The second-order valence-electron chi connectivity index (χ2n) is 6.15. The van der Waals surface area contributed by atoms with Crippen LogP contribution >= 0.6 is 11.6 Å². The molecule has 0 saturated carbocycles. The predicted octanol–water partition coefficient (Wildman–Crippen LogP) is 0.952. The molecule has 1 aromatic rings. The summed E-state index contributed by atoms with van der Waals surface area (Å²) in [5, 5.41) is 3.24. The minimum absolute atomic E-state index is 0.236. The summed E-state index contributed by atoms with van der Waals surface area (Å²) in [7, 11) is 4.18. The second-order valence-corrected chi connectivity index (χ2v) is 6.55. The van der Waals surface area contributed by atoms with Crippen LogP contribution in [0.25, 0.3) is 0 Å². The molecule has 0 spiro atoms. The molecule has 1 N–H and O–H groups in total. The van der Waals surface area contributed by atoms with Gasteiger partial charge in [0.05, 0.1) is 11.2 Å². The van der Waals surface area contributed by atoms with Gasteiger partial charge in [0, 0.05) is 45.3 Å². The van der Waals surface area contributed by atoms with Crippen molar-refractivity contribution in [3.63, 3.8) is 0 Å². The number of carbonyl (C=O) groups is 1. The Hall–Kier alpha value is -1.44. The minimum Gasteiger partial charge on any atom is -0.349 e. The standard InChI is InChI=1S/C16H27ClN6O/c1-5-23(6-2)16-19-10-13(17)14(20-16)15(24)18-9-12-11-21(3)7-8-22(12)4/h10,12H,5-9,11H2,1-4H3,(H,18,24). The molecule has 24 heavy (non-hydrogen) atoms. The summed E-state index contributed by atoms with van der Waals surface area (Å²) >= 11 is 6.13. The first kappa shape index (κ1) is 18.9. The van der Waals surface area contributed by atoms with Gasteiger partial charge in [-0.05, 0) is 27.9 Å². The van der Waals surface area contributed by atoms with E-state index in [1.54, 1.807) is 0 Å². The number of hydrogen-bond donors (Lipinski definition) is 1. The lowest BCUT2D eigenvalue weighted by Gasteiger charge is -2.37. The van der Waals surface area contributed by atoms with E-state index in [0.717, 1.165) is 32.7 Å². The molecule has 1 amide bonds. The van der Waals surface area contributed by atoms with Crippen LogP contribution in [0, 0.1) is 0 Å². The summed E-state index contributed by atoms with van der Waals surface area (Å²) in [4.78, 5) is 27.6. The highest BCUT2D eigenvalue weighted by molar-refractivity contribution is 6.33. The van der Waals surface area contributed by atoms with Gasteiger partial charge in [0.15, 0.2) is 5.69 Å². The second kappa shape index (κ2) is 8.60. The molecule has 134 valence electrons. The van der Waals surface area contributed by atoms with Crippen molar-refractivity contribution in [3.8, 4) is 0 Å². The summed E-state index contributed by atoms with van der Waals surface area (Å²) in [6, 6.07) is 0.288. The molecule has 1 atom stereocenters. The van der Waals surface area contributed by atoms with Crippen molar-refractivity contribution < 1.29 is 4.79 Å². The van der Waals surface area contributed by atoms with Crippen molar-refractivity contribution in [1.82, 2.24) is 25.1 Å². The van der Waals surface area contributed by atoms with Crippen LogP contribution < -0.4 is 10.2 Å². The zero-order chi connectivity index (χ0) is 17.7. The van der Waals surface area contributed by atoms with E-state index in [1.807, 2.05) is 18.7 Å². The Morgan fingerprint density at radius 3 is 2.75 bits per heavy atom. The quantitative estimate of drug-likeness (QED) is 0.820. The third-order valence-corrected chi connectivity index (χ3v) is 4.75.